The van der Waals surface area contributed by atoms with Gasteiger partial charge in [0.15, 0.2) is 0 Å². The quantitative estimate of drug-likeness (QED) is 0.641. The average Bonchev–Trinajstić information content (AvgIpc) is 2.13. The maximum absolute atomic E-state index is 4.79. The largest absolute Gasteiger partial charge is 0.286 e. The Kier molecular flexibility index (Phi) is 2.21. The number of hydrogen-bond donors (Lipinski definition) is 2. The summed E-state index contributed by atoms with van der Waals surface area (Å²) in [6.45, 7) is 4.29. The van der Waals surface area contributed by atoms with Crippen molar-refractivity contribution in [3.63, 3.8) is 0 Å². The lowest BCUT2D eigenvalue weighted by molar-refractivity contribution is 0.622. The fourth-order valence-electron chi connectivity index (χ4n) is 0.787. The van der Waals surface area contributed by atoms with Crippen LogP contribution in [0.15, 0.2) is 0 Å². The molecule has 0 aliphatic rings. The Morgan fingerprint density at radius 2 is 2.20 bits per heavy atom. The molecule has 2 N–H and O–H groups in total. The molecule has 4 heteroatoms. The maximum atomic E-state index is 4.79. The smallest absolute Gasteiger partial charge is 0.213 e. The minimum absolute atomic E-state index is 0.538. The molecule has 0 fully saturated rings. The Morgan fingerprint density at radius 1 is 1.50 bits per heavy atom. The Balaban J connectivity index is 2.67. The van der Waals surface area contributed by atoms with Crippen LogP contribution in [0.25, 0.3) is 0 Å². The number of H-pyrrole nitrogens is 2. The first kappa shape index (κ1) is 7.47. The van der Waals surface area contributed by atoms with Gasteiger partial charge in [-0.05, 0) is 18.1 Å². The Bertz CT molecular complexity index is 247. The fraction of sp³-hybridized carbons (Fsp3) is 0.667. The van der Waals surface area contributed by atoms with E-state index < -0.39 is 0 Å². The van der Waals surface area contributed by atoms with Crippen LogP contribution in [0.3, 0.4) is 0 Å². The van der Waals surface area contributed by atoms with Crippen molar-refractivity contribution in [2.24, 2.45) is 5.92 Å². The Morgan fingerprint density at radius 3 is 2.60 bits per heavy atom. The van der Waals surface area contributed by atoms with Crippen LogP contribution < -0.4 is 0 Å². The predicted octanol–water partition coefficient (Wildman–Crippen LogP) is 1.67. The Labute approximate surface area is 64.9 Å². The molecule has 0 aliphatic heterocycles. The van der Waals surface area contributed by atoms with E-state index in [0.29, 0.717) is 10.7 Å². The molecular weight excluding hydrogens is 146 g/mol. The number of aromatic nitrogens is 3. The second-order valence-electron chi connectivity index (χ2n) is 2.71. The van der Waals surface area contributed by atoms with Gasteiger partial charge in [-0.1, -0.05) is 13.8 Å². The lowest BCUT2D eigenvalue weighted by atomic mass is 10.1. The lowest BCUT2D eigenvalue weighted by Crippen LogP contribution is -1.95. The first-order valence-electron chi connectivity index (χ1n) is 3.32. The summed E-state index contributed by atoms with van der Waals surface area (Å²) in [5.74, 6) is 1.56. The van der Waals surface area contributed by atoms with Gasteiger partial charge in [0.2, 0.25) is 4.77 Å². The summed E-state index contributed by atoms with van der Waals surface area (Å²) in [6, 6.07) is 0. The van der Waals surface area contributed by atoms with Gasteiger partial charge in [-0.15, -0.1) is 0 Å². The van der Waals surface area contributed by atoms with Gasteiger partial charge >= 0.3 is 0 Å². The van der Waals surface area contributed by atoms with Crippen molar-refractivity contribution >= 4 is 12.2 Å². The first-order chi connectivity index (χ1) is 4.68. The highest BCUT2D eigenvalue weighted by atomic mass is 32.1. The van der Waals surface area contributed by atoms with Gasteiger partial charge in [-0.3, -0.25) is 10.2 Å². The molecule has 1 rings (SSSR count). The highest BCUT2D eigenvalue weighted by Crippen LogP contribution is 2.00. The van der Waals surface area contributed by atoms with Crippen molar-refractivity contribution in [3.8, 4) is 0 Å². The summed E-state index contributed by atoms with van der Waals surface area (Å²) in [4.78, 5) is 4.05. The maximum Gasteiger partial charge on any atom is 0.213 e. The molecule has 10 heavy (non-hydrogen) atoms. The van der Waals surface area contributed by atoms with E-state index in [9.17, 15) is 0 Å². The molecule has 1 aromatic heterocycles. The van der Waals surface area contributed by atoms with Gasteiger partial charge in [0, 0.05) is 6.42 Å². The third-order valence-electron chi connectivity index (χ3n) is 1.15. The van der Waals surface area contributed by atoms with Crippen LogP contribution in [-0.2, 0) is 6.42 Å². The zero-order chi connectivity index (χ0) is 7.56. The van der Waals surface area contributed by atoms with E-state index in [1.807, 2.05) is 0 Å². The molecule has 0 aromatic carbocycles. The van der Waals surface area contributed by atoms with Crippen molar-refractivity contribution in [3.05, 3.63) is 10.6 Å². The molecule has 0 amide bonds. The summed E-state index contributed by atoms with van der Waals surface area (Å²) >= 11 is 4.79. The SMILES string of the molecule is CC(C)Cc1nc(=S)[nH][nH]1. The number of nitrogens with one attached hydrogen (secondary N) is 2. The molecule has 56 valence electrons. The molecule has 0 spiro atoms. The van der Waals surface area contributed by atoms with E-state index >= 15 is 0 Å². The first-order valence-corrected chi connectivity index (χ1v) is 3.73. The van der Waals surface area contributed by atoms with Gasteiger partial charge < -0.3 is 0 Å². The number of aromatic amines is 2. The normalized spacial score (nSPS) is 10.7. The number of rotatable bonds is 2. The van der Waals surface area contributed by atoms with Gasteiger partial charge in [-0.25, -0.2) is 4.98 Å². The van der Waals surface area contributed by atoms with E-state index in [1.54, 1.807) is 0 Å². The van der Waals surface area contributed by atoms with Crippen LogP contribution in [0.2, 0.25) is 0 Å². The minimum atomic E-state index is 0.538. The van der Waals surface area contributed by atoms with Gasteiger partial charge in [0.05, 0.1) is 0 Å². The summed E-state index contributed by atoms with van der Waals surface area (Å²) in [5.41, 5.74) is 0. The molecule has 0 atom stereocenters. The van der Waals surface area contributed by atoms with E-state index in [1.165, 1.54) is 0 Å². The molecule has 0 saturated heterocycles. The topological polar surface area (TPSA) is 44.5 Å². The predicted molar refractivity (Wildman–Crippen MR) is 42.3 cm³/mol. The van der Waals surface area contributed by atoms with Crippen molar-refractivity contribution in [1.29, 1.82) is 0 Å². The van der Waals surface area contributed by atoms with Gasteiger partial charge in [0.25, 0.3) is 0 Å². The van der Waals surface area contributed by atoms with E-state index in [-0.39, 0.29) is 0 Å². The minimum Gasteiger partial charge on any atom is -0.286 e. The molecule has 0 aliphatic carbocycles. The molecule has 3 nitrogen and oxygen atoms in total. The summed E-state index contributed by atoms with van der Waals surface area (Å²) in [5, 5.41) is 5.65. The fourth-order valence-corrected chi connectivity index (χ4v) is 0.949. The lowest BCUT2D eigenvalue weighted by Gasteiger charge is -1.97. The van der Waals surface area contributed by atoms with Crippen LogP contribution in [0.4, 0.5) is 0 Å². The Hall–Kier alpha value is -0.640. The second kappa shape index (κ2) is 2.96. The molecule has 0 saturated carbocycles. The number of hydrogen-bond acceptors (Lipinski definition) is 2. The van der Waals surface area contributed by atoms with E-state index in [4.69, 9.17) is 12.2 Å². The summed E-state index contributed by atoms with van der Waals surface area (Å²) in [6.07, 6.45) is 0.952. The highest BCUT2D eigenvalue weighted by molar-refractivity contribution is 7.71. The summed E-state index contributed by atoms with van der Waals surface area (Å²) < 4.78 is 0.538. The average molecular weight is 157 g/mol. The van der Waals surface area contributed by atoms with Crippen molar-refractivity contribution in [2.45, 2.75) is 20.3 Å². The monoisotopic (exact) mass is 157 g/mol. The van der Waals surface area contributed by atoms with Crippen LogP contribution in [0, 0.1) is 10.7 Å². The van der Waals surface area contributed by atoms with Crippen molar-refractivity contribution in [2.75, 3.05) is 0 Å². The highest BCUT2D eigenvalue weighted by Gasteiger charge is 1.98. The molecule has 0 radical (unpaired) electrons. The zero-order valence-corrected chi connectivity index (χ0v) is 6.96. The third-order valence-corrected chi connectivity index (χ3v) is 1.35. The van der Waals surface area contributed by atoms with Crippen LogP contribution >= 0.6 is 12.2 Å². The van der Waals surface area contributed by atoms with Crippen LogP contribution in [0.5, 0.6) is 0 Å². The van der Waals surface area contributed by atoms with E-state index in [2.05, 4.69) is 29.0 Å². The summed E-state index contributed by atoms with van der Waals surface area (Å²) in [7, 11) is 0. The van der Waals surface area contributed by atoms with Crippen molar-refractivity contribution in [1.82, 2.24) is 15.2 Å². The van der Waals surface area contributed by atoms with Crippen molar-refractivity contribution < 1.29 is 0 Å². The van der Waals surface area contributed by atoms with E-state index in [0.717, 1.165) is 12.2 Å². The second-order valence-corrected chi connectivity index (χ2v) is 3.10. The van der Waals surface area contributed by atoms with Gasteiger partial charge in [-0.2, -0.15) is 0 Å². The third kappa shape index (κ3) is 1.95. The zero-order valence-electron chi connectivity index (χ0n) is 6.14. The van der Waals surface area contributed by atoms with Gasteiger partial charge in [0.1, 0.15) is 5.82 Å². The van der Waals surface area contributed by atoms with Crippen LogP contribution in [-0.4, -0.2) is 15.2 Å². The standard InChI is InChI=1S/C6H11N3S/c1-4(2)3-5-7-6(10)9-8-5/h4H,3H2,1-2H3,(H2,7,8,9,10). The molecular formula is C6H11N3S. The molecule has 0 unspecified atom stereocenters. The number of nitrogens with zero attached hydrogens (tertiary/aromatic N) is 1. The van der Waals surface area contributed by atoms with Crippen LogP contribution in [0.1, 0.15) is 19.7 Å². The molecule has 0 bridgehead atoms. The molecule has 1 heterocycles. The molecule has 1 aromatic rings.